The number of pyridine rings is 1. The van der Waals surface area contributed by atoms with Gasteiger partial charge in [-0.2, -0.15) is 5.10 Å². The van der Waals surface area contributed by atoms with Gasteiger partial charge in [0.2, 0.25) is 0 Å². The minimum atomic E-state index is -0.165. The lowest BCUT2D eigenvalue weighted by Crippen LogP contribution is -2.37. The minimum absolute atomic E-state index is 0.0600. The van der Waals surface area contributed by atoms with Crippen molar-refractivity contribution in [2.45, 2.75) is 25.5 Å². The number of nitrogens with one attached hydrogen (secondary N) is 1. The van der Waals surface area contributed by atoms with Gasteiger partial charge in [-0.05, 0) is 31.5 Å². The first-order valence-electron chi connectivity index (χ1n) is 6.99. The molecule has 1 N–H and O–H groups in total. The van der Waals surface area contributed by atoms with Crippen molar-refractivity contribution in [1.82, 2.24) is 20.1 Å². The third kappa shape index (κ3) is 2.80. The van der Waals surface area contributed by atoms with Crippen LogP contribution in [0.5, 0.6) is 0 Å². The molecular weight excluding hydrogens is 268 g/mol. The molecule has 0 saturated carbocycles. The van der Waals surface area contributed by atoms with Gasteiger partial charge >= 0.3 is 0 Å². The van der Waals surface area contributed by atoms with Crippen molar-refractivity contribution in [1.29, 1.82) is 0 Å². The van der Waals surface area contributed by atoms with E-state index in [0.29, 0.717) is 12.3 Å². The Bertz CT molecular complexity index is 653. The summed E-state index contributed by atoms with van der Waals surface area (Å²) in [4.78, 5) is 16.6. The van der Waals surface area contributed by atoms with Crippen LogP contribution in [0, 0.1) is 6.92 Å². The van der Waals surface area contributed by atoms with Crippen molar-refractivity contribution in [3.8, 4) is 0 Å². The largest absolute Gasteiger partial charge is 0.370 e. The molecule has 0 aliphatic carbocycles. The van der Waals surface area contributed by atoms with E-state index in [2.05, 4.69) is 15.4 Å². The molecule has 0 bridgehead atoms. The first-order chi connectivity index (χ1) is 10.1. The minimum Gasteiger partial charge on any atom is -0.370 e. The van der Waals surface area contributed by atoms with Gasteiger partial charge in [0, 0.05) is 25.5 Å². The van der Waals surface area contributed by atoms with Gasteiger partial charge in [-0.15, -0.1) is 0 Å². The van der Waals surface area contributed by atoms with Crippen LogP contribution in [0.2, 0.25) is 0 Å². The average molecular weight is 286 g/mol. The number of aromatic nitrogens is 3. The maximum absolute atomic E-state index is 12.3. The van der Waals surface area contributed by atoms with E-state index in [4.69, 9.17) is 4.74 Å². The van der Waals surface area contributed by atoms with E-state index in [1.165, 1.54) is 0 Å². The quantitative estimate of drug-likeness (QED) is 0.925. The molecule has 1 fully saturated rings. The van der Waals surface area contributed by atoms with Crippen LogP contribution in [-0.2, 0) is 11.8 Å². The third-order valence-electron chi connectivity index (χ3n) is 3.68. The van der Waals surface area contributed by atoms with Crippen molar-refractivity contribution in [2.75, 3.05) is 6.61 Å². The Morgan fingerprint density at radius 3 is 3.00 bits per heavy atom. The van der Waals surface area contributed by atoms with E-state index in [1.54, 1.807) is 16.9 Å². The lowest BCUT2D eigenvalue weighted by atomic mass is 10.1. The van der Waals surface area contributed by atoms with E-state index in [9.17, 15) is 4.79 Å². The maximum Gasteiger partial charge on any atom is 0.270 e. The predicted molar refractivity (Wildman–Crippen MR) is 76.7 cm³/mol. The fourth-order valence-corrected chi connectivity index (χ4v) is 2.60. The molecule has 2 aromatic heterocycles. The summed E-state index contributed by atoms with van der Waals surface area (Å²) >= 11 is 0. The molecular formula is C15H18N4O2. The number of carbonyl (C=O) groups excluding carboxylic acids is 1. The zero-order chi connectivity index (χ0) is 14.8. The van der Waals surface area contributed by atoms with E-state index in [1.807, 2.05) is 32.2 Å². The summed E-state index contributed by atoms with van der Waals surface area (Å²) in [6, 6.07) is 7.28. The zero-order valence-corrected chi connectivity index (χ0v) is 12.1. The molecule has 6 heteroatoms. The monoisotopic (exact) mass is 286 g/mol. The van der Waals surface area contributed by atoms with Gasteiger partial charge in [0.25, 0.3) is 5.91 Å². The molecule has 1 aliphatic rings. The molecule has 6 nitrogen and oxygen atoms in total. The Labute approximate surface area is 123 Å². The van der Waals surface area contributed by atoms with Gasteiger partial charge in [0.1, 0.15) is 11.8 Å². The highest BCUT2D eigenvalue weighted by atomic mass is 16.5. The second-order valence-electron chi connectivity index (χ2n) is 5.20. The van der Waals surface area contributed by atoms with Crippen molar-refractivity contribution >= 4 is 5.91 Å². The second-order valence-corrected chi connectivity index (χ2v) is 5.20. The molecule has 110 valence electrons. The Morgan fingerprint density at radius 2 is 2.29 bits per heavy atom. The number of carbonyl (C=O) groups is 1. The number of rotatable bonds is 3. The molecule has 1 saturated heterocycles. The number of aryl methyl sites for hydroxylation is 2. The molecule has 2 atom stereocenters. The molecule has 1 amide bonds. The Balaban J connectivity index is 1.75. The van der Waals surface area contributed by atoms with E-state index in [-0.39, 0.29) is 18.1 Å². The smallest absolute Gasteiger partial charge is 0.270 e. The highest BCUT2D eigenvalue weighted by Gasteiger charge is 2.33. The predicted octanol–water partition coefficient (Wildman–Crippen LogP) is 1.38. The second kappa shape index (κ2) is 5.65. The van der Waals surface area contributed by atoms with Crippen LogP contribution in [0.15, 0.2) is 30.5 Å². The summed E-state index contributed by atoms with van der Waals surface area (Å²) in [6.45, 7) is 2.50. The molecule has 1 aliphatic heterocycles. The maximum atomic E-state index is 12.3. The molecule has 0 spiro atoms. The summed E-state index contributed by atoms with van der Waals surface area (Å²) in [5, 5.41) is 7.18. The summed E-state index contributed by atoms with van der Waals surface area (Å²) in [5.41, 5.74) is 2.23. The van der Waals surface area contributed by atoms with Crippen LogP contribution in [0.25, 0.3) is 0 Å². The van der Waals surface area contributed by atoms with Crippen molar-refractivity contribution in [3.63, 3.8) is 0 Å². The first-order valence-corrected chi connectivity index (χ1v) is 6.99. The SMILES string of the molecule is Cc1cccc(C(=O)N[C@H]2CCO[C@@H]2c2ccnn2C)n1. The number of nitrogens with zero attached hydrogens (tertiary/aromatic N) is 3. The van der Waals surface area contributed by atoms with Crippen LogP contribution in [0.1, 0.15) is 34.4 Å². The highest BCUT2D eigenvalue weighted by Crippen LogP contribution is 2.28. The highest BCUT2D eigenvalue weighted by molar-refractivity contribution is 5.92. The molecule has 0 radical (unpaired) electrons. The van der Waals surface area contributed by atoms with E-state index >= 15 is 0 Å². The third-order valence-corrected chi connectivity index (χ3v) is 3.68. The summed E-state index contributed by atoms with van der Waals surface area (Å²) in [6.07, 6.45) is 2.36. The zero-order valence-electron chi connectivity index (χ0n) is 12.1. The molecule has 21 heavy (non-hydrogen) atoms. The van der Waals surface area contributed by atoms with E-state index in [0.717, 1.165) is 17.8 Å². The Morgan fingerprint density at radius 1 is 1.43 bits per heavy atom. The number of amides is 1. The van der Waals surface area contributed by atoms with E-state index < -0.39 is 0 Å². The first kappa shape index (κ1) is 13.8. The van der Waals surface area contributed by atoms with Gasteiger partial charge in [0.05, 0.1) is 11.7 Å². The summed E-state index contributed by atoms with van der Waals surface area (Å²) in [7, 11) is 1.87. The van der Waals surface area contributed by atoms with Crippen molar-refractivity contribution < 1.29 is 9.53 Å². The molecule has 2 aromatic rings. The molecule has 3 heterocycles. The Hall–Kier alpha value is -2.21. The molecule has 0 aromatic carbocycles. The van der Waals surface area contributed by atoms with Crippen LogP contribution in [0.3, 0.4) is 0 Å². The average Bonchev–Trinajstić information content (AvgIpc) is 3.07. The number of hydrogen-bond acceptors (Lipinski definition) is 4. The van der Waals surface area contributed by atoms with Gasteiger partial charge < -0.3 is 10.1 Å². The Kier molecular flexibility index (Phi) is 3.70. The van der Waals surface area contributed by atoms with Gasteiger partial charge in [0.15, 0.2) is 0 Å². The van der Waals surface area contributed by atoms with Crippen LogP contribution in [-0.4, -0.2) is 33.3 Å². The lowest BCUT2D eigenvalue weighted by Gasteiger charge is -2.20. The summed E-state index contributed by atoms with van der Waals surface area (Å²) < 4.78 is 7.53. The fourth-order valence-electron chi connectivity index (χ4n) is 2.60. The normalized spacial score (nSPS) is 21.4. The lowest BCUT2D eigenvalue weighted by molar-refractivity contribution is 0.0789. The topological polar surface area (TPSA) is 69.0 Å². The van der Waals surface area contributed by atoms with Gasteiger partial charge in [-0.1, -0.05) is 6.07 Å². The van der Waals surface area contributed by atoms with Crippen molar-refractivity contribution in [3.05, 3.63) is 47.5 Å². The number of hydrogen-bond donors (Lipinski definition) is 1. The van der Waals surface area contributed by atoms with Crippen LogP contribution >= 0.6 is 0 Å². The van der Waals surface area contributed by atoms with Crippen LogP contribution < -0.4 is 5.32 Å². The molecule has 3 rings (SSSR count). The number of ether oxygens (including phenoxy) is 1. The molecule has 0 unspecified atom stereocenters. The van der Waals surface area contributed by atoms with Gasteiger partial charge in [-0.3, -0.25) is 9.48 Å². The van der Waals surface area contributed by atoms with Crippen molar-refractivity contribution in [2.24, 2.45) is 7.05 Å². The van der Waals surface area contributed by atoms with Crippen LogP contribution in [0.4, 0.5) is 0 Å². The standard InChI is InChI=1S/C15H18N4O2/c1-10-4-3-5-12(17-10)15(20)18-11-7-9-21-14(11)13-6-8-16-19(13)2/h3-6,8,11,14H,7,9H2,1-2H3,(H,18,20)/t11-,14-/m0/s1. The fraction of sp³-hybridized carbons (Fsp3) is 0.400. The summed E-state index contributed by atoms with van der Waals surface area (Å²) in [5.74, 6) is -0.165. The van der Waals surface area contributed by atoms with Gasteiger partial charge in [-0.25, -0.2) is 4.98 Å².